The van der Waals surface area contributed by atoms with Crippen molar-refractivity contribution >= 4 is 11.9 Å². The van der Waals surface area contributed by atoms with E-state index in [9.17, 15) is 14.0 Å². The summed E-state index contributed by atoms with van der Waals surface area (Å²) in [5.74, 6) is -2.08. The minimum Gasteiger partial charge on any atom is -0.478 e. The Morgan fingerprint density at radius 1 is 1.30 bits per heavy atom. The SMILES string of the molecule is CCN(CC)C(=O)CNCc1ccc(C(=O)O)c(F)c1. The minimum absolute atomic E-state index is 0.0161. The van der Waals surface area contributed by atoms with Gasteiger partial charge >= 0.3 is 5.97 Å². The molecule has 1 aromatic rings. The zero-order valence-corrected chi connectivity index (χ0v) is 11.6. The number of aromatic carboxylic acids is 1. The van der Waals surface area contributed by atoms with Crippen LogP contribution in [0.4, 0.5) is 4.39 Å². The van der Waals surface area contributed by atoms with Gasteiger partial charge in [-0.15, -0.1) is 0 Å². The molecule has 0 saturated heterocycles. The van der Waals surface area contributed by atoms with Gasteiger partial charge in [-0.1, -0.05) is 6.07 Å². The Morgan fingerprint density at radius 2 is 1.95 bits per heavy atom. The number of likely N-dealkylation sites (N-methyl/N-ethyl adjacent to an activating group) is 1. The number of halogens is 1. The molecule has 0 aliphatic heterocycles. The number of carboxylic acid groups (broad SMARTS) is 1. The molecular weight excluding hydrogens is 263 g/mol. The molecule has 5 nitrogen and oxygen atoms in total. The van der Waals surface area contributed by atoms with Gasteiger partial charge in [0.1, 0.15) is 5.82 Å². The number of benzene rings is 1. The van der Waals surface area contributed by atoms with Crippen molar-refractivity contribution in [1.82, 2.24) is 10.2 Å². The number of carboxylic acids is 1. The lowest BCUT2D eigenvalue weighted by Crippen LogP contribution is -2.37. The molecule has 0 aliphatic rings. The Labute approximate surface area is 117 Å². The maximum atomic E-state index is 13.4. The molecule has 6 heteroatoms. The Kier molecular flexibility index (Phi) is 6.11. The van der Waals surface area contributed by atoms with Gasteiger partial charge in [0.15, 0.2) is 0 Å². The highest BCUT2D eigenvalue weighted by Crippen LogP contribution is 2.10. The maximum Gasteiger partial charge on any atom is 0.338 e. The summed E-state index contributed by atoms with van der Waals surface area (Å²) in [6, 6.07) is 3.92. The number of rotatable bonds is 7. The first-order valence-electron chi connectivity index (χ1n) is 6.49. The number of hydrogen-bond acceptors (Lipinski definition) is 3. The van der Waals surface area contributed by atoms with Crippen LogP contribution in [-0.4, -0.2) is 41.5 Å². The van der Waals surface area contributed by atoms with E-state index >= 15 is 0 Å². The summed E-state index contributed by atoms with van der Waals surface area (Å²) in [5, 5.41) is 11.6. The first-order chi connectivity index (χ1) is 9.49. The molecule has 0 unspecified atom stereocenters. The Morgan fingerprint density at radius 3 is 2.45 bits per heavy atom. The van der Waals surface area contributed by atoms with Crippen LogP contribution in [0.15, 0.2) is 18.2 Å². The molecule has 1 aromatic carbocycles. The standard InChI is InChI=1S/C14H19FN2O3/c1-3-17(4-2)13(18)9-16-8-10-5-6-11(14(19)20)12(15)7-10/h5-7,16H,3-4,8-9H2,1-2H3,(H,19,20). The molecule has 0 aliphatic carbocycles. The van der Waals surface area contributed by atoms with E-state index in [0.717, 1.165) is 0 Å². The molecule has 0 heterocycles. The lowest BCUT2D eigenvalue weighted by molar-refractivity contribution is -0.129. The van der Waals surface area contributed by atoms with Gasteiger partial charge in [0.05, 0.1) is 12.1 Å². The predicted octanol–water partition coefficient (Wildman–Crippen LogP) is 1.48. The second-order valence-electron chi connectivity index (χ2n) is 4.29. The average Bonchev–Trinajstić information content (AvgIpc) is 2.39. The fourth-order valence-corrected chi connectivity index (χ4v) is 1.84. The van der Waals surface area contributed by atoms with Crippen molar-refractivity contribution in [2.45, 2.75) is 20.4 Å². The van der Waals surface area contributed by atoms with E-state index in [2.05, 4.69) is 5.32 Å². The summed E-state index contributed by atoms with van der Waals surface area (Å²) in [4.78, 5) is 24.1. The lowest BCUT2D eigenvalue weighted by Gasteiger charge is -2.18. The van der Waals surface area contributed by atoms with Gasteiger partial charge in [0.2, 0.25) is 5.91 Å². The maximum absolute atomic E-state index is 13.4. The molecule has 110 valence electrons. The van der Waals surface area contributed by atoms with Gasteiger partial charge in [-0.25, -0.2) is 9.18 Å². The van der Waals surface area contributed by atoms with E-state index in [-0.39, 0.29) is 18.0 Å². The van der Waals surface area contributed by atoms with Crippen molar-refractivity contribution in [3.05, 3.63) is 35.1 Å². The van der Waals surface area contributed by atoms with Crippen molar-refractivity contribution in [2.24, 2.45) is 0 Å². The van der Waals surface area contributed by atoms with Crippen molar-refractivity contribution in [3.8, 4) is 0 Å². The molecule has 0 fully saturated rings. The van der Waals surface area contributed by atoms with E-state index in [0.29, 0.717) is 25.2 Å². The van der Waals surface area contributed by atoms with Crippen LogP contribution >= 0.6 is 0 Å². The zero-order chi connectivity index (χ0) is 15.1. The molecule has 0 aromatic heterocycles. The molecule has 0 spiro atoms. The minimum atomic E-state index is -1.29. The summed E-state index contributed by atoms with van der Waals surface area (Å²) < 4.78 is 13.4. The molecule has 0 radical (unpaired) electrons. The fourth-order valence-electron chi connectivity index (χ4n) is 1.84. The topological polar surface area (TPSA) is 69.6 Å². The predicted molar refractivity (Wildman–Crippen MR) is 73.0 cm³/mol. The monoisotopic (exact) mass is 282 g/mol. The van der Waals surface area contributed by atoms with E-state index < -0.39 is 11.8 Å². The number of nitrogens with one attached hydrogen (secondary N) is 1. The van der Waals surface area contributed by atoms with Gasteiger partial charge in [0.25, 0.3) is 0 Å². The quantitative estimate of drug-likeness (QED) is 0.795. The number of amides is 1. The van der Waals surface area contributed by atoms with E-state index in [4.69, 9.17) is 5.11 Å². The van der Waals surface area contributed by atoms with Crippen LogP contribution in [0.3, 0.4) is 0 Å². The third-order valence-electron chi connectivity index (χ3n) is 2.99. The highest BCUT2D eigenvalue weighted by molar-refractivity contribution is 5.87. The van der Waals surface area contributed by atoms with E-state index in [1.807, 2.05) is 13.8 Å². The number of carbonyl (C=O) groups is 2. The normalized spacial score (nSPS) is 10.3. The second-order valence-corrected chi connectivity index (χ2v) is 4.29. The van der Waals surface area contributed by atoms with Crippen molar-refractivity contribution in [3.63, 3.8) is 0 Å². The van der Waals surface area contributed by atoms with Crippen molar-refractivity contribution in [1.29, 1.82) is 0 Å². The molecule has 2 N–H and O–H groups in total. The summed E-state index contributed by atoms with van der Waals surface area (Å²) in [5.41, 5.74) is 0.243. The highest BCUT2D eigenvalue weighted by atomic mass is 19.1. The Bertz CT molecular complexity index is 487. The third kappa shape index (κ3) is 4.31. The molecule has 20 heavy (non-hydrogen) atoms. The number of hydrogen-bond donors (Lipinski definition) is 2. The van der Waals surface area contributed by atoms with E-state index in [1.165, 1.54) is 18.2 Å². The molecular formula is C14H19FN2O3. The summed E-state index contributed by atoms with van der Waals surface area (Å²) in [6.07, 6.45) is 0. The first-order valence-corrected chi connectivity index (χ1v) is 6.49. The fraction of sp³-hybridized carbons (Fsp3) is 0.429. The zero-order valence-electron chi connectivity index (χ0n) is 11.6. The molecule has 0 bridgehead atoms. The van der Waals surface area contributed by atoms with Crippen LogP contribution in [0, 0.1) is 5.82 Å². The van der Waals surface area contributed by atoms with Crippen LogP contribution < -0.4 is 5.32 Å². The molecule has 0 saturated carbocycles. The van der Waals surface area contributed by atoms with Crippen LogP contribution in [0.1, 0.15) is 29.8 Å². The Hall–Kier alpha value is -1.95. The molecule has 1 rings (SSSR count). The van der Waals surface area contributed by atoms with Crippen LogP contribution in [0.5, 0.6) is 0 Å². The molecule has 0 atom stereocenters. The van der Waals surface area contributed by atoms with Crippen molar-refractivity contribution in [2.75, 3.05) is 19.6 Å². The highest BCUT2D eigenvalue weighted by Gasteiger charge is 2.11. The van der Waals surface area contributed by atoms with Crippen LogP contribution in [0.25, 0.3) is 0 Å². The third-order valence-corrected chi connectivity index (χ3v) is 2.99. The van der Waals surface area contributed by atoms with Gasteiger partial charge < -0.3 is 15.3 Å². The second kappa shape index (κ2) is 7.59. The molecule has 1 amide bonds. The largest absolute Gasteiger partial charge is 0.478 e. The lowest BCUT2D eigenvalue weighted by atomic mass is 10.1. The summed E-state index contributed by atoms with van der Waals surface area (Å²) in [7, 11) is 0. The average molecular weight is 282 g/mol. The van der Waals surface area contributed by atoms with Gasteiger partial charge in [0, 0.05) is 19.6 Å². The number of carbonyl (C=O) groups excluding carboxylic acids is 1. The van der Waals surface area contributed by atoms with Crippen LogP contribution in [0.2, 0.25) is 0 Å². The van der Waals surface area contributed by atoms with Gasteiger partial charge in [-0.3, -0.25) is 4.79 Å². The summed E-state index contributed by atoms with van der Waals surface area (Å²) in [6.45, 7) is 5.59. The first kappa shape index (κ1) is 16.1. The smallest absolute Gasteiger partial charge is 0.338 e. The number of nitrogens with zero attached hydrogens (tertiary/aromatic N) is 1. The van der Waals surface area contributed by atoms with Crippen molar-refractivity contribution < 1.29 is 19.1 Å². The summed E-state index contributed by atoms with van der Waals surface area (Å²) >= 11 is 0. The Balaban J connectivity index is 2.53. The van der Waals surface area contributed by atoms with Crippen LogP contribution in [-0.2, 0) is 11.3 Å². The van der Waals surface area contributed by atoms with Gasteiger partial charge in [-0.05, 0) is 31.5 Å². The van der Waals surface area contributed by atoms with E-state index in [1.54, 1.807) is 4.90 Å². The van der Waals surface area contributed by atoms with Gasteiger partial charge in [-0.2, -0.15) is 0 Å².